The maximum atomic E-state index is 9.80. The lowest BCUT2D eigenvalue weighted by Gasteiger charge is -2.07. The van der Waals surface area contributed by atoms with Crippen LogP contribution in [0, 0.1) is 11.8 Å². The molecule has 21 heavy (non-hydrogen) atoms. The Morgan fingerprint density at radius 2 is 1.90 bits per heavy atom. The Hall–Kier alpha value is -1.30. The second-order valence-corrected chi connectivity index (χ2v) is 5.35. The molecule has 1 aromatic rings. The van der Waals surface area contributed by atoms with Crippen molar-refractivity contribution in [3.05, 3.63) is 35.9 Å². The van der Waals surface area contributed by atoms with E-state index in [1.165, 1.54) is 31.2 Å². The van der Waals surface area contributed by atoms with Crippen LogP contribution in [0.15, 0.2) is 30.3 Å². The molecule has 2 heteroatoms. The van der Waals surface area contributed by atoms with Crippen LogP contribution < -0.4 is 0 Å². The maximum Gasteiger partial charge on any atom is 0.0716 e. The van der Waals surface area contributed by atoms with Crippen LogP contribution in [0.4, 0.5) is 0 Å². The molecule has 0 saturated carbocycles. The summed E-state index contributed by atoms with van der Waals surface area (Å²) >= 11 is 0. The quantitative estimate of drug-likeness (QED) is 0.513. The number of aliphatic hydroxyl groups excluding tert-OH is 1. The number of rotatable bonds is 10. The monoisotopic (exact) mass is 288 g/mol. The van der Waals surface area contributed by atoms with Gasteiger partial charge in [-0.3, -0.25) is 0 Å². The zero-order valence-corrected chi connectivity index (χ0v) is 13.2. The first-order chi connectivity index (χ1) is 10.3. The molecule has 2 nitrogen and oxygen atoms in total. The van der Waals surface area contributed by atoms with E-state index in [2.05, 4.69) is 18.8 Å². The van der Waals surface area contributed by atoms with Gasteiger partial charge in [0.2, 0.25) is 0 Å². The highest BCUT2D eigenvalue weighted by molar-refractivity contribution is 5.13. The van der Waals surface area contributed by atoms with E-state index >= 15 is 0 Å². The lowest BCUT2D eigenvalue weighted by atomic mass is 10.1. The topological polar surface area (TPSA) is 29.5 Å². The Morgan fingerprint density at radius 3 is 2.67 bits per heavy atom. The molecule has 0 bridgehead atoms. The van der Waals surface area contributed by atoms with Crippen molar-refractivity contribution >= 4 is 0 Å². The van der Waals surface area contributed by atoms with Gasteiger partial charge >= 0.3 is 0 Å². The first kappa shape index (κ1) is 17.8. The average molecular weight is 288 g/mol. The smallest absolute Gasteiger partial charge is 0.0716 e. The Labute approximate surface area is 129 Å². The predicted octanol–water partition coefficient (Wildman–Crippen LogP) is 4.32. The van der Waals surface area contributed by atoms with Gasteiger partial charge in [0.1, 0.15) is 0 Å². The lowest BCUT2D eigenvalue weighted by Crippen LogP contribution is -2.09. The van der Waals surface area contributed by atoms with E-state index < -0.39 is 0 Å². The minimum atomic E-state index is -0.371. The second-order valence-electron chi connectivity index (χ2n) is 5.35. The van der Waals surface area contributed by atoms with Gasteiger partial charge in [-0.05, 0) is 18.4 Å². The van der Waals surface area contributed by atoms with Crippen LogP contribution in [0.3, 0.4) is 0 Å². The van der Waals surface area contributed by atoms with Crippen molar-refractivity contribution in [3.63, 3.8) is 0 Å². The SMILES string of the molecule is CCCCCCC#CCC(O)CCOCc1ccccc1. The summed E-state index contributed by atoms with van der Waals surface area (Å²) in [6.07, 6.45) is 6.79. The highest BCUT2D eigenvalue weighted by Crippen LogP contribution is 2.04. The summed E-state index contributed by atoms with van der Waals surface area (Å²) < 4.78 is 5.55. The molecule has 116 valence electrons. The molecule has 1 atom stereocenters. The van der Waals surface area contributed by atoms with Crippen LogP contribution in [0.5, 0.6) is 0 Å². The molecule has 0 spiro atoms. The fourth-order valence-corrected chi connectivity index (χ4v) is 2.00. The minimum absolute atomic E-state index is 0.371. The largest absolute Gasteiger partial charge is 0.392 e. The molecule has 0 aliphatic heterocycles. The Morgan fingerprint density at radius 1 is 1.10 bits per heavy atom. The second kappa shape index (κ2) is 12.4. The Bertz CT molecular complexity index is 403. The van der Waals surface area contributed by atoms with Crippen LogP contribution in [0.25, 0.3) is 0 Å². The third kappa shape index (κ3) is 10.1. The molecule has 1 unspecified atom stereocenters. The molecule has 0 aliphatic carbocycles. The number of unbranched alkanes of at least 4 members (excludes halogenated alkanes) is 4. The summed E-state index contributed by atoms with van der Waals surface area (Å²) in [7, 11) is 0. The van der Waals surface area contributed by atoms with Crippen molar-refractivity contribution in [3.8, 4) is 11.8 Å². The molecule has 0 aliphatic rings. The first-order valence-corrected chi connectivity index (χ1v) is 8.08. The standard InChI is InChI=1S/C19H28O2/c1-2-3-4-5-6-7-11-14-19(20)15-16-21-17-18-12-9-8-10-13-18/h8-10,12-13,19-20H,2-6,14-17H2,1H3. The van der Waals surface area contributed by atoms with Crippen molar-refractivity contribution in [1.82, 2.24) is 0 Å². The number of ether oxygens (including phenoxy) is 1. The fraction of sp³-hybridized carbons (Fsp3) is 0.579. The van der Waals surface area contributed by atoms with E-state index in [0.29, 0.717) is 26.1 Å². The van der Waals surface area contributed by atoms with Crippen molar-refractivity contribution in [2.24, 2.45) is 0 Å². The fourth-order valence-electron chi connectivity index (χ4n) is 2.00. The van der Waals surface area contributed by atoms with Crippen LogP contribution in [-0.2, 0) is 11.3 Å². The normalized spacial score (nSPS) is 11.7. The van der Waals surface area contributed by atoms with Crippen molar-refractivity contribution < 1.29 is 9.84 Å². The molecule has 0 fully saturated rings. The Kier molecular flexibility index (Phi) is 10.5. The maximum absolute atomic E-state index is 9.80. The molecule has 0 heterocycles. The lowest BCUT2D eigenvalue weighted by molar-refractivity contribution is 0.0753. The van der Waals surface area contributed by atoms with Gasteiger partial charge in [-0.25, -0.2) is 0 Å². The predicted molar refractivity (Wildman–Crippen MR) is 87.9 cm³/mol. The summed E-state index contributed by atoms with van der Waals surface area (Å²) in [4.78, 5) is 0. The summed E-state index contributed by atoms with van der Waals surface area (Å²) in [5.74, 6) is 6.21. The number of hydrogen-bond acceptors (Lipinski definition) is 2. The zero-order chi connectivity index (χ0) is 15.2. The molecule has 0 amide bonds. The molecule has 0 saturated heterocycles. The number of benzene rings is 1. The molecule has 1 N–H and O–H groups in total. The first-order valence-electron chi connectivity index (χ1n) is 8.08. The highest BCUT2D eigenvalue weighted by atomic mass is 16.5. The van der Waals surface area contributed by atoms with Gasteiger partial charge in [0.15, 0.2) is 0 Å². The van der Waals surface area contributed by atoms with Crippen molar-refractivity contribution in [1.29, 1.82) is 0 Å². The molecule has 0 aromatic heterocycles. The van der Waals surface area contributed by atoms with Crippen molar-refractivity contribution in [2.75, 3.05) is 6.61 Å². The van der Waals surface area contributed by atoms with E-state index in [1.54, 1.807) is 0 Å². The molecular weight excluding hydrogens is 260 g/mol. The third-order valence-electron chi connectivity index (χ3n) is 3.32. The summed E-state index contributed by atoms with van der Waals surface area (Å²) in [5.41, 5.74) is 1.17. The van der Waals surface area contributed by atoms with Crippen LogP contribution >= 0.6 is 0 Å². The van der Waals surface area contributed by atoms with Crippen LogP contribution in [-0.4, -0.2) is 17.8 Å². The van der Waals surface area contributed by atoms with E-state index in [1.807, 2.05) is 30.3 Å². The molecule has 1 rings (SSSR count). The summed E-state index contributed by atoms with van der Waals surface area (Å²) in [6, 6.07) is 10.1. The average Bonchev–Trinajstić information content (AvgIpc) is 2.52. The van der Waals surface area contributed by atoms with Crippen LogP contribution in [0.2, 0.25) is 0 Å². The third-order valence-corrected chi connectivity index (χ3v) is 3.32. The van der Waals surface area contributed by atoms with Crippen LogP contribution in [0.1, 0.15) is 57.4 Å². The van der Waals surface area contributed by atoms with Gasteiger partial charge in [-0.15, -0.1) is 11.8 Å². The Balaban J connectivity index is 1.98. The van der Waals surface area contributed by atoms with E-state index in [9.17, 15) is 5.11 Å². The number of aliphatic hydroxyl groups is 1. The summed E-state index contributed by atoms with van der Waals surface area (Å²) in [6.45, 7) is 3.40. The van der Waals surface area contributed by atoms with Gasteiger partial charge in [-0.2, -0.15) is 0 Å². The van der Waals surface area contributed by atoms with Gasteiger partial charge in [0.05, 0.1) is 12.7 Å². The zero-order valence-electron chi connectivity index (χ0n) is 13.2. The van der Waals surface area contributed by atoms with Gasteiger partial charge in [0, 0.05) is 19.4 Å². The number of hydrogen-bond donors (Lipinski definition) is 1. The van der Waals surface area contributed by atoms with Gasteiger partial charge in [-0.1, -0.05) is 56.5 Å². The van der Waals surface area contributed by atoms with E-state index in [4.69, 9.17) is 4.74 Å². The van der Waals surface area contributed by atoms with Gasteiger partial charge < -0.3 is 9.84 Å². The highest BCUT2D eigenvalue weighted by Gasteiger charge is 2.01. The molecule has 1 aromatic carbocycles. The molecular formula is C19H28O2. The minimum Gasteiger partial charge on any atom is -0.392 e. The van der Waals surface area contributed by atoms with Gasteiger partial charge in [0.25, 0.3) is 0 Å². The summed E-state index contributed by atoms with van der Waals surface area (Å²) in [5, 5.41) is 9.80. The molecule has 0 radical (unpaired) electrons. The van der Waals surface area contributed by atoms with Crippen molar-refractivity contribution in [2.45, 2.75) is 64.6 Å². The van der Waals surface area contributed by atoms with E-state index in [0.717, 1.165) is 6.42 Å². The van der Waals surface area contributed by atoms with E-state index in [-0.39, 0.29) is 6.10 Å².